The molecule has 0 radical (unpaired) electrons. The van der Waals surface area contributed by atoms with E-state index in [1.807, 2.05) is 6.92 Å². The van der Waals surface area contributed by atoms with Crippen LogP contribution in [0.4, 0.5) is 0 Å². The van der Waals surface area contributed by atoms with Gasteiger partial charge in [-0.2, -0.15) is 5.10 Å². The van der Waals surface area contributed by atoms with Crippen LogP contribution in [0.2, 0.25) is 0 Å². The van der Waals surface area contributed by atoms with Gasteiger partial charge in [0.1, 0.15) is 0 Å². The number of hydrogen-bond donors (Lipinski definition) is 2. The Kier molecular flexibility index (Phi) is 4.35. The Bertz CT molecular complexity index is 610. The fraction of sp³-hybridized carbons (Fsp3) is 0.778. The Morgan fingerprint density at radius 1 is 1.38 bits per heavy atom. The molecule has 6 heteroatoms. The quantitative estimate of drug-likeness (QED) is 0.853. The molecule has 2 aliphatic heterocycles. The number of aryl methyl sites for hydroxylation is 2. The summed E-state index contributed by atoms with van der Waals surface area (Å²) in [6.45, 7) is 6.92. The number of carbonyl (C=O) groups is 1. The molecular formula is C18H28N4O2. The molecule has 1 aromatic rings. The molecule has 0 unspecified atom stereocenters. The smallest absolute Gasteiger partial charge is 0.220 e. The second kappa shape index (κ2) is 6.48. The number of aromatic nitrogens is 2. The van der Waals surface area contributed by atoms with E-state index in [2.05, 4.69) is 27.3 Å². The van der Waals surface area contributed by atoms with Crippen LogP contribution in [0.15, 0.2) is 0 Å². The SMILES string of the molecule is Cc1[nH]nc(CCC(=O)N[C@H]2C[C@H]3CO[C@H](C4CC4)CN3C2)c1C. The highest BCUT2D eigenvalue weighted by molar-refractivity contribution is 5.76. The van der Waals surface area contributed by atoms with Gasteiger partial charge in [-0.15, -0.1) is 0 Å². The molecule has 1 amide bonds. The van der Waals surface area contributed by atoms with Crippen LogP contribution in [0.25, 0.3) is 0 Å². The Balaban J connectivity index is 1.24. The van der Waals surface area contributed by atoms with Crippen molar-refractivity contribution < 1.29 is 9.53 Å². The predicted molar refractivity (Wildman–Crippen MR) is 90.8 cm³/mol. The molecule has 3 aliphatic rings. The van der Waals surface area contributed by atoms with Crippen LogP contribution in [0.1, 0.15) is 42.6 Å². The van der Waals surface area contributed by atoms with E-state index < -0.39 is 0 Å². The highest BCUT2D eigenvalue weighted by Gasteiger charge is 2.42. The van der Waals surface area contributed by atoms with Crippen LogP contribution in [-0.2, 0) is 16.0 Å². The number of hydrogen-bond acceptors (Lipinski definition) is 4. The summed E-state index contributed by atoms with van der Waals surface area (Å²) in [6, 6.07) is 0.757. The zero-order valence-corrected chi connectivity index (χ0v) is 14.7. The van der Waals surface area contributed by atoms with Gasteiger partial charge in [0.15, 0.2) is 0 Å². The van der Waals surface area contributed by atoms with Crippen LogP contribution in [-0.4, -0.2) is 58.9 Å². The average molecular weight is 332 g/mol. The van der Waals surface area contributed by atoms with E-state index in [0.717, 1.165) is 43.4 Å². The summed E-state index contributed by atoms with van der Waals surface area (Å²) in [6.07, 6.45) is 5.32. The molecule has 3 atom stereocenters. The second-order valence-corrected chi connectivity index (χ2v) is 7.74. The number of nitrogens with one attached hydrogen (secondary N) is 2. The number of morpholine rings is 1. The number of aromatic amines is 1. The van der Waals surface area contributed by atoms with Crippen molar-refractivity contribution in [1.29, 1.82) is 0 Å². The maximum Gasteiger partial charge on any atom is 0.220 e. The predicted octanol–water partition coefficient (Wildman–Crippen LogP) is 1.33. The number of carbonyl (C=O) groups excluding carboxylic acids is 1. The van der Waals surface area contributed by atoms with Crippen molar-refractivity contribution in [2.45, 2.75) is 64.1 Å². The zero-order chi connectivity index (χ0) is 16.7. The lowest BCUT2D eigenvalue weighted by Gasteiger charge is -2.35. The summed E-state index contributed by atoms with van der Waals surface area (Å²) in [7, 11) is 0. The number of amides is 1. The normalized spacial score (nSPS) is 30.3. The van der Waals surface area contributed by atoms with Crippen LogP contribution in [0.3, 0.4) is 0 Å². The Morgan fingerprint density at radius 2 is 2.21 bits per heavy atom. The highest BCUT2D eigenvalue weighted by Crippen LogP contribution is 2.37. The maximum atomic E-state index is 12.3. The van der Waals surface area contributed by atoms with Crippen molar-refractivity contribution in [1.82, 2.24) is 20.4 Å². The Hall–Kier alpha value is -1.40. The van der Waals surface area contributed by atoms with Gasteiger partial charge in [-0.25, -0.2) is 0 Å². The first kappa shape index (κ1) is 16.1. The summed E-state index contributed by atoms with van der Waals surface area (Å²) >= 11 is 0. The molecular weight excluding hydrogens is 304 g/mol. The molecule has 132 valence electrons. The van der Waals surface area contributed by atoms with Gasteiger partial charge in [0.2, 0.25) is 5.91 Å². The van der Waals surface area contributed by atoms with Crippen molar-refractivity contribution in [3.63, 3.8) is 0 Å². The van der Waals surface area contributed by atoms with Crippen molar-refractivity contribution in [3.8, 4) is 0 Å². The van der Waals surface area contributed by atoms with Gasteiger partial charge in [0, 0.05) is 43.7 Å². The molecule has 4 rings (SSSR count). The Labute approximate surface area is 143 Å². The summed E-state index contributed by atoms with van der Waals surface area (Å²) in [4.78, 5) is 14.8. The summed E-state index contributed by atoms with van der Waals surface area (Å²) in [5.74, 6) is 0.930. The highest BCUT2D eigenvalue weighted by atomic mass is 16.5. The van der Waals surface area contributed by atoms with Gasteiger partial charge >= 0.3 is 0 Å². The topological polar surface area (TPSA) is 70.2 Å². The van der Waals surface area contributed by atoms with Crippen molar-refractivity contribution in [2.24, 2.45) is 5.92 Å². The summed E-state index contributed by atoms with van der Waals surface area (Å²) in [5.41, 5.74) is 3.26. The van der Waals surface area contributed by atoms with Crippen LogP contribution in [0, 0.1) is 19.8 Å². The third-order valence-corrected chi connectivity index (χ3v) is 5.90. The first-order chi connectivity index (χ1) is 11.6. The first-order valence-corrected chi connectivity index (χ1v) is 9.25. The van der Waals surface area contributed by atoms with Gasteiger partial charge in [0.25, 0.3) is 0 Å². The number of H-pyrrole nitrogens is 1. The van der Waals surface area contributed by atoms with Gasteiger partial charge in [-0.1, -0.05) is 0 Å². The molecule has 3 heterocycles. The second-order valence-electron chi connectivity index (χ2n) is 7.74. The minimum Gasteiger partial charge on any atom is -0.375 e. The first-order valence-electron chi connectivity index (χ1n) is 9.25. The number of nitrogens with zero attached hydrogens (tertiary/aromatic N) is 2. The van der Waals surface area contributed by atoms with E-state index in [9.17, 15) is 4.79 Å². The lowest BCUT2D eigenvalue weighted by atomic mass is 10.1. The minimum atomic E-state index is 0.138. The molecule has 0 spiro atoms. The van der Waals surface area contributed by atoms with Gasteiger partial charge in [0.05, 0.1) is 18.4 Å². The molecule has 0 bridgehead atoms. The number of rotatable bonds is 5. The lowest BCUT2D eigenvalue weighted by molar-refractivity contribution is -0.121. The monoisotopic (exact) mass is 332 g/mol. The number of fused-ring (bicyclic) bond motifs is 1. The third-order valence-electron chi connectivity index (χ3n) is 5.90. The molecule has 24 heavy (non-hydrogen) atoms. The van der Waals surface area contributed by atoms with Crippen LogP contribution in [0.5, 0.6) is 0 Å². The third kappa shape index (κ3) is 3.35. The van der Waals surface area contributed by atoms with E-state index >= 15 is 0 Å². The van der Waals surface area contributed by atoms with Crippen molar-refractivity contribution in [2.75, 3.05) is 19.7 Å². The summed E-state index contributed by atoms with van der Waals surface area (Å²) < 4.78 is 6.02. The minimum absolute atomic E-state index is 0.138. The summed E-state index contributed by atoms with van der Waals surface area (Å²) in [5, 5.41) is 10.5. The van der Waals surface area contributed by atoms with E-state index in [1.165, 1.54) is 18.4 Å². The van der Waals surface area contributed by atoms with Gasteiger partial charge in [-0.05, 0) is 44.6 Å². The van der Waals surface area contributed by atoms with E-state index in [1.54, 1.807) is 0 Å². The van der Waals surface area contributed by atoms with Crippen molar-refractivity contribution in [3.05, 3.63) is 17.0 Å². The fourth-order valence-electron chi connectivity index (χ4n) is 4.07. The molecule has 0 aromatic carbocycles. The maximum absolute atomic E-state index is 12.3. The van der Waals surface area contributed by atoms with Crippen LogP contribution >= 0.6 is 0 Å². The molecule has 1 saturated carbocycles. The largest absolute Gasteiger partial charge is 0.375 e. The van der Waals surface area contributed by atoms with E-state index in [-0.39, 0.29) is 11.9 Å². The molecule has 1 aliphatic carbocycles. The van der Waals surface area contributed by atoms with Crippen molar-refractivity contribution >= 4 is 5.91 Å². The molecule has 3 fully saturated rings. The standard InChI is InChI=1S/C18H28N4O2/c1-11-12(2)20-21-16(11)5-6-18(23)19-14-7-15-10-24-17(13-3-4-13)9-22(15)8-14/h13-15,17H,3-10H2,1-2H3,(H,19,23)(H,20,21)/t14-,15-,17-/m0/s1. The molecule has 1 aromatic heterocycles. The van der Waals surface area contributed by atoms with E-state index in [0.29, 0.717) is 25.0 Å². The van der Waals surface area contributed by atoms with Crippen LogP contribution < -0.4 is 5.32 Å². The number of ether oxygens (including phenoxy) is 1. The Morgan fingerprint density at radius 3 is 2.92 bits per heavy atom. The van der Waals surface area contributed by atoms with Gasteiger partial charge < -0.3 is 10.1 Å². The molecule has 6 nitrogen and oxygen atoms in total. The van der Waals surface area contributed by atoms with Gasteiger partial charge in [-0.3, -0.25) is 14.8 Å². The molecule has 2 N–H and O–H groups in total. The van der Waals surface area contributed by atoms with E-state index in [4.69, 9.17) is 4.74 Å². The average Bonchev–Trinajstić information content (AvgIpc) is 3.26. The zero-order valence-electron chi connectivity index (χ0n) is 14.7. The lowest BCUT2D eigenvalue weighted by Crippen LogP contribution is -2.47. The fourth-order valence-corrected chi connectivity index (χ4v) is 4.07. The molecule has 2 saturated heterocycles.